The summed E-state index contributed by atoms with van der Waals surface area (Å²) in [6.07, 6.45) is 5.38. The molecule has 0 amide bonds. The van der Waals surface area contributed by atoms with Gasteiger partial charge in [-0.3, -0.25) is 0 Å². The van der Waals surface area contributed by atoms with E-state index in [1.807, 2.05) is 6.07 Å². The lowest BCUT2D eigenvalue weighted by atomic mass is 9.84. The van der Waals surface area contributed by atoms with Crippen molar-refractivity contribution in [3.05, 3.63) is 34.6 Å². The number of likely N-dealkylation sites (N-methyl/N-ethyl adjacent to an activating group) is 1. The summed E-state index contributed by atoms with van der Waals surface area (Å²) in [5.41, 5.74) is 7.41. The van der Waals surface area contributed by atoms with Crippen LogP contribution in [0.2, 0.25) is 5.02 Å². The fraction of sp³-hybridized carbons (Fsp3) is 0.600. The van der Waals surface area contributed by atoms with Crippen LogP contribution in [-0.2, 0) is 6.42 Å². The van der Waals surface area contributed by atoms with Crippen molar-refractivity contribution in [3.63, 3.8) is 0 Å². The van der Waals surface area contributed by atoms with Crippen LogP contribution in [0.25, 0.3) is 0 Å². The molecule has 0 aromatic heterocycles. The van der Waals surface area contributed by atoms with Crippen molar-refractivity contribution in [2.75, 3.05) is 14.1 Å². The summed E-state index contributed by atoms with van der Waals surface area (Å²) in [7, 11) is 4.18. The van der Waals surface area contributed by atoms with E-state index < -0.39 is 0 Å². The number of hydrogen-bond acceptors (Lipinski definition) is 2. The van der Waals surface area contributed by atoms with Gasteiger partial charge in [0.1, 0.15) is 5.82 Å². The molecule has 106 valence electrons. The fourth-order valence-corrected chi connectivity index (χ4v) is 3.36. The van der Waals surface area contributed by atoms with E-state index in [2.05, 4.69) is 19.0 Å². The van der Waals surface area contributed by atoms with E-state index in [0.29, 0.717) is 6.42 Å². The van der Waals surface area contributed by atoms with E-state index >= 15 is 0 Å². The van der Waals surface area contributed by atoms with E-state index in [4.69, 9.17) is 17.3 Å². The molecule has 1 aliphatic rings. The van der Waals surface area contributed by atoms with Gasteiger partial charge in [-0.1, -0.05) is 30.5 Å². The van der Waals surface area contributed by atoms with E-state index in [9.17, 15) is 4.39 Å². The zero-order chi connectivity index (χ0) is 14.0. The van der Waals surface area contributed by atoms with Crippen molar-refractivity contribution in [2.45, 2.75) is 43.7 Å². The predicted molar refractivity (Wildman–Crippen MR) is 78.0 cm³/mol. The summed E-state index contributed by atoms with van der Waals surface area (Å²) in [6, 6.07) is 4.99. The Bertz CT molecular complexity index is 442. The van der Waals surface area contributed by atoms with Crippen molar-refractivity contribution in [3.8, 4) is 0 Å². The van der Waals surface area contributed by atoms with Crippen LogP contribution in [-0.4, -0.2) is 30.6 Å². The zero-order valence-electron chi connectivity index (χ0n) is 11.6. The smallest absolute Gasteiger partial charge is 0.142 e. The summed E-state index contributed by atoms with van der Waals surface area (Å²) >= 11 is 5.71. The molecule has 1 saturated carbocycles. The topological polar surface area (TPSA) is 29.3 Å². The lowest BCUT2D eigenvalue weighted by Crippen LogP contribution is -2.56. The standard InChI is InChI=1S/C15H22ClFN2/c1-19(2)15(7-3-4-8-15)14(18)10-11-5-6-12(16)13(17)9-11/h5-6,9,14H,3-4,7-8,10,18H2,1-2H3. The van der Waals surface area contributed by atoms with E-state index in [0.717, 1.165) is 18.4 Å². The molecule has 4 heteroatoms. The third kappa shape index (κ3) is 2.93. The molecule has 1 fully saturated rings. The van der Waals surface area contributed by atoms with Crippen LogP contribution >= 0.6 is 11.6 Å². The molecule has 19 heavy (non-hydrogen) atoms. The van der Waals surface area contributed by atoms with Crippen LogP contribution < -0.4 is 5.73 Å². The minimum Gasteiger partial charge on any atom is -0.326 e. The van der Waals surface area contributed by atoms with Crippen molar-refractivity contribution >= 4 is 11.6 Å². The molecular weight excluding hydrogens is 263 g/mol. The number of rotatable bonds is 4. The molecular formula is C15H22ClFN2. The Labute approximate surface area is 119 Å². The van der Waals surface area contributed by atoms with Gasteiger partial charge in [0.15, 0.2) is 0 Å². The molecule has 2 N–H and O–H groups in total. The van der Waals surface area contributed by atoms with Gasteiger partial charge in [-0.15, -0.1) is 0 Å². The highest BCUT2D eigenvalue weighted by Crippen LogP contribution is 2.37. The maximum atomic E-state index is 13.5. The van der Waals surface area contributed by atoms with Gasteiger partial charge in [0.25, 0.3) is 0 Å². The molecule has 0 aliphatic heterocycles. The van der Waals surface area contributed by atoms with Crippen molar-refractivity contribution in [1.82, 2.24) is 4.90 Å². The Balaban J connectivity index is 2.15. The second-order valence-electron chi connectivity index (χ2n) is 5.76. The summed E-state index contributed by atoms with van der Waals surface area (Å²) in [6.45, 7) is 0. The molecule has 0 saturated heterocycles. The second-order valence-corrected chi connectivity index (χ2v) is 6.17. The van der Waals surface area contributed by atoms with Gasteiger partial charge in [0, 0.05) is 11.6 Å². The third-order valence-corrected chi connectivity index (χ3v) is 4.80. The Kier molecular flexibility index (Phi) is 4.49. The highest BCUT2D eigenvalue weighted by molar-refractivity contribution is 6.30. The molecule has 0 bridgehead atoms. The lowest BCUT2D eigenvalue weighted by molar-refractivity contribution is 0.123. The molecule has 0 spiro atoms. The molecule has 1 atom stereocenters. The predicted octanol–water partition coefficient (Wildman–Crippen LogP) is 3.22. The Morgan fingerprint density at radius 1 is 1.37 bits per heavy atom. The summed E-state index contributed by atoms with van der Waals surface area (Å²) in [5, 5.41) is 0.167. The molecule has 0 heterocycles. The van der Waals surface area contributed by atoms with Crippen molar-refractivity contribution in [1.29, 1.82) is 0 Å². The van der Waals surface area contributed by atoms with Crippen LogP contribution in [0.1, 0.15) is 31.2 Å². The van der Waals surface area contributed by atoms with Gasteiger partial charge in [-0.2, -0.15) is 0 Å². The molecule has 1 aromatic carbocycles. The number of nitrogens with two attached hydrogens (primary N) is 1. The van der Waals surface area contributed by atoms with Gasteiger partial charge >= 0.3 is 0 Å². The highest BCUT2D eigenvalue weighted by Gasteiger charge is 2.41. The Hall–Kier alpha value is -0.640. The number of hydrogen-bond donors (Lipinski definition) is 1. The Morgan fingerprint density at radius 2 is 2.00 bits per heavy atom. The monoisotopic (exact) mass is 284 g/mol. The maximum Gasteiger partial charge on any atom is 0.142 e. The number of halogens is 2. The molecule has 1 unspecified atom stereocenters. The van der Waals surface area contributed by atoms with Gasteiger partial charge in [0.05, 0.1) is 5.02 Å². The fourth-order valence-electron chi connectivity index (χ4n) is 3.25. The summed E-state index contributed by atoms with van der Waals surface area (Å²) in [5.74, 6) is -0.364. The number of nitrogens with zero attached hydrogens (tertiary/aromatic N) is 1. The van der Waals surface area contributed by atoms with Gasteiger partial charge < -0.3 is 10.6 Å². The first-order valence-corrected chi connectivity index (χ1v) is 7.20. The average Bonchev–Trinajstić information content (AvgIpc) is 2.84. The first-order valence-electron chi connectivity index (χ1n) is 6.82. The molecule has 2 nitrogen and oxygen atoms in total. The van der Waals surface area contributed by atoms with Crippen LogP contribution in [0.15, 0.2) is 18.2 Å². The molecule has 1 aromatic rings. The van der Waals surface area contributed by atoms with E-state index in [1.165, 1.54) is 18.9 Å². The minimum absolute atomic E-state index is 0.0191. The van der Waals surface area contributed by atoms with Gasteiger partial charge in [0.2, 0.25) is 0 Å². The second kappa shape index (κ2) is 5.78. The minimum atomic E-state index is -0.364. The average molecular weight is 285 g/mol. The van der Waals surface area contributed by atoms with Crippen LogP contribution in [0.5, 0.6) is 0 Å². The zero-order valence-corrected chi connectivity index (χ0v) is 12.4. The first-order chi connectivity index (χ1) is 8.95. The van der Waals surface area contributed by atoms with Crippen LogP contribution in [0.3, 0.4) is 0 Å². The van der Waals surface area contributed by atoms with E-state index in [1.54, 1.807) is 6.07 Å². The van der Waals surface area contributed by atoms with Crippen molar-refractivity contribution in [2.24, 2.45) is 5.73 Å². The lowest BCUT2D eigenvalue weighted by Gasteiger charge is -2.41. The largest absolute Gasteiger partial charge is 0.326 e. The molecule has 0 radical (unpaired) electrons. The quantitative estimate of drug-likeness (QED) is 0.920. The number of benzene rings is 1. The van der Waals surface area contributed by atoms with Crippen LogP contribution in [0.4, 0.5) is 4.39 Å². The Morgan fingerprint density at radius 3 is 2.53 bits per heavy atom. The van der Waals surface area contributed by atoms with Gasteiger partial charge in [-0.25, -0.2) is 4.39 Å². The summed E-state index contributed by atoms with van der Waals surface area (Å²) in [4.78, 5) is 2.25. The normalized spacial score (nSPS) is 19.9. The first kappa shape index (κ1) is 14.8. The molecule has 1 aliphatic carbocycles. The highest BCUT2D eigenvalue weighted by atomic mass is 35.5. The molecule has 2 rings (SSSR count). The van der Waals surface area contributed by atoms with Gasteiger partial charge in [-0.05, 0) is 51.1 Å². The SMILES string of the molecule is CN(C)C1(C(N)Cc2ccc(Cl)c(F)c2)CCCC1. The van der Waals surface area contributed by atoms with E-state index in [-0.39, 0.29) is 22.4 Å². The summed E-state index contributed by atoms with van der Waals surface area (Å²) < 4.78 is 13.5. The third-order valence-electron chi connectivity index (χ3n) is 4.49. The van der Waals surface area contributed by atoms with Crippen LogP contribution in [0, 0.1) is 5.82 Å². The maximum absolute atomic E-state index is 13.5. The van der Waals surface area contributed by atoms with Crippen molar-refractivity contribution < 1.29 is 4.39 Å².